The van der Waals surface area contributed by atoms with E-state index in [4.69, 9.17) is 4.74 Å². The fourth-order valence-corrected chi connectivity index (χ4v) is 3.38. The van der Waals surface area contributed by atoms with Crippen molar-refractivity contribution in [2.75, 3.05) is 0 Å². The van der Waals surface area contributed by atoms with E-state index >= 15 is 0 Å². The summed E-state index contributed by atoms with van der Waals surface area (Å²) in [6, 6.07) is 5.91. The SMILES string of the molecule is CC(C)(C)OC(=O)NC1=CCC2C(=C1)NC(=O)/C2=C/c1ccc2cn[nH]c2c1. The first-order chi connectivity index (χ1) is 13.3. The number of rotatable bonds is 2. The van der Waals surface area contributed by atoms with Crippen LogP contribution in [-0.4, -0.2) is 27.8 Å². The molecule has 3 N–H and O–H groups in total. The Morgan fingerprint density at radius 3 is 2.96 bits per heavy atom. The normalized spacial score (nSPS) is 20.5. The Morgan fingerprint density at radius 2 is 2.18 bits per heavy atom. The number of H-pyrrole nitrogens is 1. The van der Waals surface area contributed by atoms with Gasteiger partial charge in [0.15, 0.2) is 0 Å². The maximum Gasteiger partial charge on any atom is 0.412 e. The van der Waals surface area contributed by atoms with E-state index in [1.807, 2.05) is 51.1 Å². The number of allylic oxidation sites excluding steroid dienone is 3. The zero-order chi connectivity index (χ0) is 19.9. The fraction of sp³-hybridized carbons (Fsp3) is 0.286. The van der Waals surface area contributed by atoms with Crippen molar-refractivity contribution in [3.8, 4) is 0 Å². The third-order valence-corrected chi connectivity index (χ3v) is 4.59. The highest BCUT2D eigenvalue weighted by atomic mass is 16.6. The predicted molar refractivity (Wildman–Crippen MR) is 106 cm³/mol. The van der Waals surface area contributed by atoms with Crippen LogP contribution >= 0.6 is 0 Å². The van der Waals surface area contributed by atoms with Gasteiger partial charge < -0.3 is 10.1 Å². The number of carbonyl (C=O) groups excluding carboxylic acids is 2. The number of fused-ring (bicyclic) bond motifs is 2. The lowest BCUT2D eigenvalue weighted by molar-refractivity contribution is -0.115. The zero-order valence-corrected chi connectivity index (χ0v) is 16.0. The van der Waals surface area contributed by atoms with E-state index in [-0.39, 0.29) is 11.8 Å². The molecule has 1 fully saturated rings. The van der Waals surface area contributed by atoms with Gasteiger partial charge in [-0.15, -0.1) is 0 Å². The number of hydrogen-bond acceptors (Lipinski definition) is 4. The number of nitrogens with one attached hydrogen (secondary N) is 3. The summed E-state index contributed by atoms with van der Waals surface area (Å²) < 4.78 is 5.27. The molecular formula is C21H22N4O3. The Labute approximate surface area is 162 Å². The molecule has 0 spiro atoms. The monoisotopic (exact) mass is 378 g/mol. The largest absolute Gasteiger partial charge is 0.444 e. The van der Waals surface area contributed by atoms with Crippen molar-refractivity contribution in [1.82, 2.24) is 20.8 Å². The minimum Gasteiger partial charge on any atom is -0.444 e. The molecule has 28 heavy (non-hydrogen) atoms. The predicted octanol–water partition coefficient (Wildman–Crippen LogP) is 3.39. The summed E-state index contributed by atoms with van der Waals surface area (Å²) in [6.45, 7) is 5.43. The first-order valence-corrected chi connectivity index (χ1v) is 9.16. The minimum absolute atomic E-state index is 0.0471. The van der Waals surface area contributed by atoms with Gasteiger partial charge in [-0.3, -0.25) is 15.2 Å². The van der Waals surface area contributed by atoms with Crippen LogP contribution in [0.25, 0.3) is 17.0 Å². The van der Waals surface area contributed by atoms with Crippen LogP contribution in [0.1, 0.15) is 32.8 Å². The number of aromatic amines is 1. The fourth-order valence-electron chi connectivity index (χ4n) is 3.38. The van der Waals surface area contributed by atoms with Crippen molar-refractivity contribution in [3.05, 3.63) is 59.1 Å². The van der Waals surface area contributed by atoms with Crippen molar-refractivity contribution in [3.63, 3.8) is 0 Å². The first kappa shape index (κ1) is 18.0. The molecule has 4 rings (SSSR count). The highest BCUT2D eigenvalue weighted by Gasteiger charge is 2.34. The van der Waals surface area contributed by atoms with Gasteiger partial charge >= 0.3 is 6.09 Å². The lowest BCUT2D eigenvalue weighted by atomic mass is 9.90. The van der Waals surface area contributed by atoms with Crippen LogP contribution in [0, 0.1) is 5.92 Å². The molecule has 1 saturated heterocycles. The second kappa shape index (κ2) is 6.67. The van der Waals surface area contributed by atoms with Gasteiger partial charge in [0.1, 0.15) is 5.60 Å². The minimum atomic E-state index is -0.567. The van der Waals surface area contributed by atoms with Gasteiger partial charge in [-0.25, -0.2) is 4.79 Å². The standard InChI is InChI=1S/C21H22N4O3/c1-21(2,3)28-20(27)23-14-6-7-15-16(19(26)24-18(15)10-14)8-12-4-5-13-11-22-25-17(13)9-12/h4-6,8-11,15H,7H2,1-3H3,(H,22,25)(H,23,27)(H,24,26)/b16-8+. The van der Waals surface area contributed by atoms with Gasteiger partial charge in [-0.2, -0.15) is 5.10 Å². The van der Waals surface area contributed by atoms with Crippen molar-refractivity contribution in [1.29, 1.82) is 0 Å². The molecule has 2 aromatic rings. The van der Waals surface area contributed by atoms with Gasteiger partial charge in [-0.1, -0.05) is 18.2 Å². The van der Waals surface area contributed by atoms with E-state index < -0.39 is 11.7 Å². The summed E-state index contributed by atoms with van der Waals surface area (Å²) in [6.07, 6.45) is 7.47. The molecule has 1 atom stereocenters. The van der Waals surface area contributed by atoms with Gasteiger partial charge in [0.2, 0.25) is 0 Å². The van der Waals surface area contributed by atoms with Crippen molar-refractivity contribution in [2.24, 2.45) is 5.92 Å². The van der Waals surface area contributed by atoms with E-state index in [1.165, 1.54) is 0 Å². The molecule has 0 bridgehead atoms. The zero-order valence-electron chi connectivity index (χ0n) is 16.0. The highest BCUT2D eigenvalue weighted by Crippen LogP contribution is 2.34. The Balaban J connectivity index is 1.52. The van der Waals surface area contributed by atoms with Crippen LogP contribution in [-0.2, 0) is 9.53 Å². The third kappa shape index (κ3) is 3.69. The van der Waals surface area contributed by atoms with Crippen molar-refractivity contribution >= 4 is 29.0 Å². The molecule has 1 aliphatic carbocycles. The summed E-state index contributed by atoms with van der Waals surface area (Å²) in [4.78, 5) is 24.5. The third-order valence-electron chi connectivity index (χ3n) is 4.59. The van der Waals surface area contributed by atoms with Crippen molar-refractivity contribution < 1.29 is 14.3 Å². The average molecular weight is 378 g/mol. The summed E-state index contributed by atoms with van der Waals surface area (Å²) in [5, 5.41) is 13.6. The van der Waals surface area contributed by atoms with Crippen LogP contribution in [0.3, 0.4) is 0 Å². The van der Waals surface area contributed by atoms with Crippen LogP contribution in [0.15, 0.2) is 53.5 Å². The number of nitrogens with zero attached hydrogens (tertiary/aromatic N) is 1. The number of ether oxygens (including phenoxy) is 1. The van der Waals surface area contributed by atoms with Crippen LogP contribution in [0.5, 0.6) is 0 Å². The molecule has 2 heterocycles. The molecule has 0 radical (unpaired) electrons. The Kier molecular flexibility index (Phi) is 4.30. The second-order valence-electron chi connectivity index (χ2n) is 7.94. The maximum absolute atomic E-state index is 12.5. The van der Waals surface area contributed by atoms with Crippen molar-refractivity contribution in [2.45, 2.75) is 32.8 Å². The molecule has 0 saturated carbocycles. The highest BCUT2D eigenvalue weighted by molar-refractivity contribution is 6.03. The molecule has 2 amide bonds. The summed E-state index contributed by atoms with van der Waals surface area (Å²) in [5.41, 5.74) is 3.41. The summed E-state index contributed by atoms with van der Waals surface area (Å²) >= 11 is 0. The maximum atomic E-state index is 12.5. The lowest BCUT2D eigenvalue weighted by Crippen LogP contribution is -2.32. The van der Waals surface area contributed by atoms with Gasteiger partial charge in [0.25, 0.3) is 5.91 Å². The molecule has 144 valence electrons. The topological polar surface area (TPSA) is 96.1 Å². The first-order valence-electron chi connectivity index (χ1n) is 9.16. The number of hydrogen-bond donors (Lipinski definition) is 3. The van der Waals surface area contributed by atoms with Crippen LogP contribution in [0.4, 0.5) is 4.79 Å². The smallest absolute Gasteiger partial charge is 0.412 e. The number of amides is 2. The van der Waals surface area contributed by atoms with E-state index in [2.05, 4.69) is 20.8 Å². The molecule has 1 unspecified atom stereocenters. The second-order valence-corrected chi connectivity index (χ2v) is 7.94. The average Bonchev–Trinajstić information content (AvgIpc) is 3.17. The Morgan fingerprint density at radius 1 is 1.36 bits per heavy atom. The molecule has 2 aliphatic rings. The molecule has 1 aromatic heterocycles. The lowest BCUT2D eigenvalue weighted by Gasteiger charge is -2.21. The molecular weight excluding hydrogens is 356 g/mol. The molecule has 1 aliphatic heterocycles. The number of alkyl carbamates (subject to hydrolysis) is 1. The number of aromatic nitrogens is 2. The van der Waals surface area contributed by atoms with Gasteiger partial charge in [0.05, 0.1) is 11.7 Å². The number of benzene rings is 1. The summed E-state index contributed by atoms with van der Waals surface area (Å²) in [5.74, 6) is -0.165. The Hall–Kier alpha value is -3.35. The van der Waals surface area contributed by atoms with E-state index in [0.717, 1.165) is 22.2 Å². The van der Waals surface area contributed by atoms with E-state index in [9.17, 15) is 9.59 Å². The molecule has 7 nitrogen and oxygen atoms in total. The molecule has 7 heteroatoms. The van der Waals surface area contributed by atoms with E-state index in [1.54, 1.807) is 12.3 Å². The molecule has 1 aromatic carbocycles. The summed E-state index contributed by atoms with van der Waals surface area (Å²) in [7, 11) is 0. The van der Waals surface area contributed by atoms with E-state index in [0.29, 0.717) is 17.7 Å². The van der Waals surface area contributed by atoms with Crippen LogP contribution < -0.4 is 10.6 Å². The van der Waals surface area contributed by atoms with Gasteiger partial charge in [0, 0.05) is 28.3 Å². The van der Waals surface area contributed by atoms with Crippen LogP contribution in [0.2, 0.25) is 0 Å². The Bertz CT molecular complexity index is 1050. The number of carbonyl (C=O) groups is 2. The quantitative estimate of drug-likeness (QED) is 0.698. The van der Waals surface area contributed by atoms with Gasteiger partial charge in [-0.05, 0) is 51.0 Å².